The highest BCUT2D eigenvalue weighted by atomic mass is 14.7. The van der Waals surface area contributed by atoms with E-state index in [-0.39, 0.29) is 0 Å². The monoisotopic (exact) mass is 190 g/mol. The highest BCUT2D eigenvalue weighted by Crippen LogP contribution is 2.31. The van der Waals surface area contributed by atoms with Gasteiger partial charge in [0.05, 0.1) is 11.9 Å². The normalized spacial score (nSPS) is 15.6. The Balaban J connectivity index is 2.55. The highest BCUT2D eigenvalue weighted by molar-refractivity contribution is 5.53. The minimum absolute atomic E-state index is 0.518. The second-order valence-electron chi connectivity index (χ2n) is 4.41. The number of aromatic nitrogens is 1. The lowest BCUT2D eigenvalue weighted by atomic mass is 9.87. The molecule has 2 nitrogen and oxygen atoms in total. The fourth-order valence-corrected chi connectivity index (χ4v) is 2.40. The molecule has 2 N–H and O–H groups in total. The van der Waals surface area contributed by atoms with Crippen molar-refractivity contribution >= 4 is 5.69 Å². The van der Waals surface area contributed by atoms with Crippen LogP contribution >= 0.6 is 0 Å². The van der Waals surface area contributed by atoms with Crippen LogP contribution in [0.2, 0.25) is 0 Å². The van der Waals surface area contributed by atoms with E-state index in [1.54, 1.807) is 0 Å². The van der Waals surface area contributed by atoms with Crippen LogP contribution in [0, 0.1) is 0 Å². The first-order chi connectivity index (χ1) is 6.70. The molecule has 14 heavy (non-hydrogen) atoms. The van der Waals surface area contributed by atoms with Gasteiger partial charge in [0.25, 0.3) is 0 Å². The molecule has 2 heteroatoms. The zero-order chi connectivity index (χ0) is 10.1. The summed E-state index contributed by atoms with van der Waals surface area (Å²) >= 11 is 0. The molecular formula is C12H18N2. The second kappa shape index (κ2) is 3.60. The summed E-state index contributed by atoms with van der Waals surface area (Å²) in [5, 5.41) is 0. The summed E-state index contributed by atoms with van der Waals surface area (Å²) in [4.78, 5) is 4.44. The Hall–Kier alpha value is -1.05. The van der Waals surface area contributed by atoms with Crippen molar-refractivity contribution in [1.29, 1.82) is 0 Å². The van der Waals surface area contributed by atoms with Crippen LogP contribution in [0.1, 0.15) is 49.4 Å². The summed E-state index contributed by atoms with van der Waals surface area (Å²) in [5.74, 6) is 0.518. The summed E-state index contributed by atoms with van der Waals surface area (Å²) in [5.41, 5.74) is 10.9. The van der Waals surface area contributed by atoms with Crippen molar-refractivity contribution in [2.24, 2.45) is 0 Å². The first kappa shape index (κ1) is 9.50. The Kier molecular flexibility index (Phi) is 2.44. The summed E-state index contributed by atoms with van der Waals surface area (Å²) in [6.07, 6.45) is 6.70. The van der Waals surface area contributed by atoms with Crippen molar-refractivity contribution in [1.82, 2.24) is 4.98 Å². The number of pyridine rings is 1. The van der Waals surface area contributed by atoms with E-state index in [1.165, 1.54) is 36.1 Å². The van der Waals surface area contributed by atoms with Gasteiger partial charge in [-0.05, 0) is 42.7 Å². The number of anilines is 1. The van der Waals surface area contributed by atoms with E-state index in [0.717, 1.165) is 12.1 Å². The lowest BCUT2D eigenvalue weighted by Gasteiger charge is -2.21. The van der Waals surface area contributed by atoms with Crippen LogP contribution in [-0.2, 0) is 12.8 Å². The maximum Gasteiger partial charge on any atom is 0.0538 e. The Bertz CT molecular complexity index is 342. The fourth-order valence-electron chi connectivity index (χ4n) is 2.40. The Morgan fingerprint density at radius 3 is 2.71 bits per heavy atom. The van der Waals surface area contributed by atoms with Crippen LogP contribution in [0.25, 0.3) is 0 Å². The topological polar surface area (TPSA) is 38.9 Å². The molecule has 1 aliphatic rings. The van der Waals surface area contributed by atoms with E-state index in [9.17, 15) is 0 Å². The molecule has 1 aliphatic carbocycles. The summed E-state index contributed by atoms with van der Waals surface area (Å²) < 4.78 is 0. The SMILES string of the molecule is CC(C)c1c(N)cnc2c1CCCC2. The molecule has 0 spiro atoms. The molecule has 0 aliphatic heterocycles. The third-order valence-corrected chi connectivity index (χ3v) is 3.01. The van der Waals surface area contributed by atoms with E-state index >= 15 is 0 Å². The molecule has 0 aromatic carbocycles. The molecule has 0 saturated carbocycles. The van der Waals surface area contributed by atoms with Gasteiger partial charge in [-0.15, -0.1) is 0 Å². The maximum atomic E-state index is 5.98. The average Bonchev–Trinajstić information content (AvgIpc) is 2.17. The van der Waals surface area contributed by atoms with Crippen molar-refractivity contribution in [3.63, 3.8) is 0 Å². The third-order valence-electron chi connectivity index (χ3n) is 3.01. The van der Waals surface area contributed by atoms with Gasteiger partial charge in [0, 0.05) is 5.69 Å². The molecule has 0 unspecified atom stereocenters. The van der Waals surface area contributed by atoms with Crippen molar-refractivity contribution in [3.8, 4) is 0 Å². The molecule has 0 amide bonds. The van der Waals surface area contributed by atoms with Crippen LogP contribution in [0.15, 0.2) is 6.20 Å². The summed E-state index contributed by atoms with van der Waals surface area (Å²) in [6, 6.07) is 0. The van der Waals surface area contributed by atoms with Gasteiger partial charge >= 0.3 is 0 Å². The number of hydrogen-bond acceptors (Lipinski definition) is 2. The first-order valence-corrected chi connectivity index (χ1v) is 5.46. The maximum absolute atomic E-state index is 5.98. The van der Waals surface area contributed by atoms with Crippen LogP contribution in [-0.4, -0.2) is 4.98 Å². The number of aryl methyl sites for hydroxylation is 1. The van der Waals surface area contributed by atoms with E-state index in [0.29, 0.717) is 5.92 Å². The minimum atomic E-state index is 0.518. The fraction of sp³-hybridized carbons (Fsp3) is 0.583. The first-order valence-electron chi connectivity index (χ1n) is 5.46. The average molecular weight is 190 g/mol. The molecule has 2 rings (SSSR count). The molecule has 0 radical (unpaired) electrons. The zero-order valence-electron chi connectivity index (χ0n) is 9.01. The van der Waals surface area contributed by atoms with Crippen molar-refractivity contribution in [2.75, 3.05) is 5.73 Å². The predicted molar refractivity (Wildman–Crippen MR) is 59.4 cm³/mol. The lowest BCUT2D eigenvalue weighted by Crippen LogP contribution is -2.12. The van der Waals surface area contributed by atoms with Gasteiger partial charge in [0.2, 0.25) is 0 Å². The van der Waals surface area contributed by atoms with Gasteiger partial charge in [-0.25, -0.2) is 0 Å². The number of nitrogens with zero attached hydrogens (tertiary/aromatic N) is 1. The van der Waals surface area contributed by atoms with E-state index in [4.69, 9.17) is 5.73 Å². The van der Waals surface area contributed by atoms with Crippen LogP contribution in [0.4, 0.5) is 5.69 Å². The number of fused-ring (bicyclic) bond motifs is 1. The quantitative estimate of drug-likeness (QED) is 0.739. The molecule has 0 fully saturated rings. The van der Waals surface area contributed by atoms with Gasteiger partial charge in [-0.1, -0.05) is 13.8 Å². The molecule has 0 saturated heterocycles. The zero-order valence-corrected chi connectivity index (χ0v) is 9.01. The number of nitrogen functional groups attached to an aromatic ring is 1. The Morgan fingerprint density at radius 1 is 1.29 bits per heavy atom. The van der Waals surface area contributed by atoms with Crippen LogP contribution in [0.5, 0.6) is 0 Å². The lowest BCUT2D eigenvalue weighted by molar-refractivity contribution is 0.654. The summed E-state index contributed by atoms with van der Waals surface area (Å²) in [6.45, 7) is 4.42. The van der Waals surface area contributed by atoms with Gasteiger partial charge in [0.1, 0.15) is 0 Å². The van der Waals surface area contributed by atoms with Crippen molar-refractivity contribution in [2.45, 2.75) is 45.4 Å². The Morgan fingerprint density at radius 2 is 2.00 bits per heavy atom. The third kappa shape index (κ3) is 1.49. The van der Waals surface area contributed by atoms with Crippen molar-refractivity contribution in [3.05, 3.63) is 23.0 Å². The predicted octanol–water partition coefficient (Wildman–Crippen LogP) is 2.67. The number of rotatable bonds is 1. The van der Waals surface area contributed by atoms with Crippen LogP contribution in [0.3, 0.4) is 0 Å². The Labute approximate surface area is 85.5 Å². The molecule has 76 valence electrons. The largest absolute Gasteiger partial charge is 0.397 e. The van der Waals surface area contributed by atoms with Gasteiger partial charge in [0.15, 0.2) is 0 Å². The molecule has 0 atom stereocenters. The van der Waals surface area contributed by atoms with Gasteiger partial charge < -0.3 is 5.73 Å². The number of nitrogens with two attached hydrogens (primary N) is 1. The van der Waals surface area contributed by atoms with E-state index in [1.807, 2.05) is 6.20 Å². The highest BCUT2D eigenvalue weighted by Gasteiger charge is 2.18. The minimum Gasteiger partial charge on any atom is -0.397 e. The number of hydrogen-bond donors (Lipinski definition) is 1. The smallest absolute Gasteiger partial charge is 0.0538 e. The van der Waals surface area contributed by atoms with Crippen molar-refractivity contribution < 1.29 is 0 Å². The van der Waals surface area contributed by atoms with Gasteiger partial charge in [-0.3, -0.25) is 4.98 Å². The van der Waals surface area contributed by atoms with Gasteiger partial charge in [-0.2, -0.15) is 0 Å². The molecule has 1 heterocycles. The second-order valence-corrected chi connectivity index (χ2v) is 4.41. The van der Waals surface area contributed by atoms with Crippen LogP contribution < -0.4 is 5.73 Å². The van der Waals surface area contributed by atoms with E-state index in [2.05, 4.69) is 18.8 Å². The molecular weight excluding hydrogens is 172 g/mol. The molecule has 1 aromatic rings. The summed E-state index contributed by atoms with van der Waals surface area (Å²) in [7, 11) is 0. The molecule has 1 aromatic heterocycles. The molecule has 0 bridgehead atoms. The standard InChI is InChI=1S/C12H18N2/c1-8(2)12-9-5-3-4-6-11(9)14-7-10(12)13/h7-8H,3-6,13H2,1-2H3. The van der Waals surface area contributed by atoms with E-state index < -0.39 is 0 Å².